The second kappa shape index (κ2) is 8.23. The SMILES string of the molecule is O=C(CN(Cc1ccc(C(=O)NC2CC2)cc1)C1CC1)NCc1cccs1. The third-order valence-electron chi connectivity index (χ3n) is 4.96. The van der Waals surface area contributed by atoms with Crippen molar-refractivity contribution in [3.8, 4) is 0 Å². The maximum Gasteiger partial charge on any atom is 0.251 e. The lowest BCUT2D eigenvalue weighted by Gasteiger charge is -2.21. The summed E-state index contributed by atoms with van der Waals surface area (Å²) in [5, 5.41) is 8.04. The third-order valence-corrected chi connectivity index (χ3v) is 5.84. The molecule has 0 saturated heterocycles. The van der Waals surface area contributed by atoms with Crippen LogP contribution in [0.2, 0.25) is 0 Å². The Labute approximate surface area is 163 Å². The molecule has 2 aromatic rings. The van der Waals surface area contributed by atoms with E-state index in [1.165, 1.54) is 4.88 Å². The predicted molar refractivity (Wildman–Crippen MR) is 107 cm³/mol. The Morgan fingerprint density at radius 2 is 1.85 bits per heavy atom. The molecule has 0 radical (unpaired) electrons. The summed E-state index contributed by atoms with van der Waals surface area (Å²) in [7, 11) is 0. The highest BCUT2D eigenvalue weighted by atomic mass is 32.1. The average Bonchev–Trinajstić information content (AvgIpc) is 3.60. The van der Waals surface area contributed by atoms with Crippen LogP contribution >= 0.6 is 11.3 Å². The molecule has 2 N–H and O–H groups in total. The Balaban J connectivity index is 1.29. The van der Waals surface area contributed by atoms with Gasteiger partial charge in [-0.3, -0.25) is 14.5 Å². The van der Waals surface area contributed by atoms with Gasteiger partial charge in [0.25, 0.3) is 5.91 Å². The number of carbonyl (C=O) groups is 2. The first-order valence-corrected chi connectivity index (χ1v) is 10.5. The molecule has 1 heterocycles. The van der Waals surface area contributed by atoms with Gasteiger partial charge in [-0.1, -0.05) is 18.2 Å². The lowest BCUT2D eigenvalue weighted by atomic mass is 10.1. The van der Waals surface area contributed by atoms with Gasteiger partial charge in [0.1, 0.15) is 0 Å². The molecule has 4 rings (SSSR count). The van der Waals surface area contributed by atoms with Crippen molar-refractivity contribution in [1.82, 2.24) is 15.5 Å². The van der Waals surface area contributed by atoms with Crippen molar-refractivity contribution in [3.63, 3.8) is 0 Å². The molecule has 0 atom stereocenters. The summed E-state index contributed by atoms with van der Waals surface area (Å²) in [6, 6.07) is 12.7. The Morgan fingerprint density at radius 3 is 2.48 bits per heavy atom. The Morgan fingerprint density at radius 1 is 1.07 bits per heavy atom. The molecule has 2 aliphatic carbocycles. The van der Waals surface area contributed by atoms with Crippen molar-refractivity contribution >= 4 is 23.2 Å². The molecule has 0 spiro atoms. The zero-order chi connectivity index (χ0) is 18.6. The van der Waals surface area contributed by atoms with Crippen molar-refractivity contribution in [3.05, 3.63) is 57.8 Å². The van der Waals surface area contributed by atoms with Gasteiger partial charge in [0, 0.05) is 29.1 Å². The second-order valence-corrected chi connectivity index (χ2v) is 8.47. The van der Waals surface area contributed by atoms with Crippen LogP contribution < -0.4 is 10.6 Å². The highest BCUT2D eigenvalue weighted by Crippen LogP contribution is 2.28. The topological polar surface area (TPSA) is 61.4 Å². The average molecular weight is 384 g/mol. The van der Waals surface area contributed by atoms with Gasteiger partial charge in [0.05, 0.1) is 13.1 Å². The minimum absolute atomic E-state index is 0.0102. The highest BCUT2D eigenvalue weighted by molar-refractivity contribution is 7.09. The summed E-state index contributed by atoms with van der Waals surface area (Å²) in [5.74, 6) is 0.0757. The number of carbonyl (C=O) groups excluding carboxylic acids is 2. The van der Waals surface area contributed by atoms with Gasteiger partial charge in [0.15, 0.2) is 0 Å². The summed E-state index contributed by atoms with van der Waals surface area (Å²) < 4.78 is 0. The summed E-state index contributed by atoms with van der Waals surface area (Å²) >= 11 is 1.66. The molecule has 142 valence electrons. The lowest BCUT2D eigenvalue weighted by molar-refractivity contribution is -0.122. The van der Waals surface area contributed by atoms with Crippen LogP contribution in [0.3, 0.4) is 0 Å². The van der Waals surface area contributed by atoms with E-state index in [4.69, 9.17) is 0 Å². The number of thiophene rings is 1. The summed E-state index contributed by atoms with van der Waals surface area (Å²) in [5.41, 5.74) is 1.84. The number of amides is 2. The second-order valence-electron chi connectivity index (χ2n) is 7.44. The van der Waals surface area contributed by atoms with E-state index in [9.17, 15) is 9.59 Å². The number of hydrogen-bond donors (Lipinski definition) is 2. The molecule has 6 heteroatoms. The molecule has 2 aliphatic rings. The summed E-state index contributed by atoms with van der Waals surface area (Å²) in [4.78, 5) is 27.8. The summed E-state index contributed by atoms with van der Waals surface area (Å²) in [6.07, 6.45) is 4.49. The van der Waals surface area contributed by atoms with Crippen molar-refractivity contribution in [2.75, 3.05) is 6.54 Å². The van der Waals surface area contributed by atoms with Crippen LogP contribution in [0.5, 0.6) is 0 Å². The zero-order valence-corrected chi connectivity index (χ0v) is 16.1. The van der Waals surface area contributed by atoms with Crippen LogP contribution in [0.15, 0.2) is 41.8 Å². The van der Waals surface area contributed by atoms with Crippen LogP contribution in [0, 0.1) is 0 Å². The van der Waals surface area contributed by atoms with Crippen LogP contribution in [0.1, 0.15) is 46.5 Å². The Bertz CT molecular complexity index is 780. The van der Waals surface area contributed by atoms with Gasteiger partial charge in [-0.2, -0.15) is 0 Å². The molecular weight excluding hydrogens is 358 g/mol. The molecule has 0 unspecified atom stereocenters. The fraction of sp³-hybridized carbons (Fsp3) is 0.429. The normalized spacial score (nSPS) is 16.3. The van der Waals surface area contributed by atoms with Gasteiger partial charge < -0.3 is 10.6 Å². The van der Waals surface area contributed by atoms with Crippen molar-refractivity contribution in [2.45, 2.75) is 50.9 Å². The molecular formula is C21H25N3O2S. The highest BCUT2D eigenvalue weighted by Gasteiger charge is 2.30. The quantitative estimate of drug-likeness (QED) is 0.700. The predicted octanol–water partition coefficient (Wildman–Crippen LogP) is 2.92. The first kappa shape index (κ1) is 18.2. The summed E-state index contributed by atoms with van der Waals surface area (Å²) in [6.45, 7) is 1.75. The first-order chi connectivity index (χ1) is 13.2. The molecule has 2 amide bonds. The van der Waals surface area contributed by atoms with E-state index >= 15 is 0 Å². The van der Waals surface area contributed by atoms with Crippen molar-refractivity contribution < 1.29 is 9.59 Å². The minimum Gasteiger partial charge on any atom is -0.350 e. The Hall–Kier alpha value is -2.18. The van der Waals surface area contributed by atoms with Crippen LogP contribution in [-0.4, -0.2) is 35.3 Å². The fourth-order valence-corrected chi connectivity index (χ4v) is 3.73. The molecule has 0 bridgehead atoms. The fourth-order valence-electron chi connectivity index (χ4n) is 3.09. The first-order valence-electron chi connectivity index (χ1n) is 9.60. The van der Waals surface area contributed by atoms with Gasteiger partial charge in [-0.15, -0.1) is 11.3 Å². The van der Waals surface area contributed by atoms with Crippen molar-refractivity contribution in [2.24, 2.45) is 0 Å². The van der Waals surface area contributed by atoms with Crippen LogP contribution in [0.4, 0.5) is 0 Å². The molecule has 27 heavy (non-hydrogen) atoms. The number of nitrogens with one attached hydrogen (secondary N) is 2. The molecule has 0 aliphatic heterocycles. The van der Waals surface area contributed by atoms with Gasteiger partial charge >= 0.3 is 0 Å². The van der Waals surface area contributed by atoms with E-state index in [0.29, 0.717) is 30.7 Å². The van der Waals surface area contributed by atoms with Crippen LogP contribution in [-0.2, 0) is 17.9 Å². The van der Waals surface area contributed by atoms with Gasteiger partial charge in [0.2, 0.25) is 5.91 Å². The van der Waals surface area contributed by atoms with E-state index in [0.717, 1.165) is 37.8 Å². The Kier molecular flexibility index (Phi) is 5.55. The lowest BCUT2D eigenvalue weighted by Crippen LogP contribution is -2.37. The van der Waals surface area contributed by atoms with E-state index in [1.54, 1.807) is 11.3 Å². The zero-order valence-electron chi connectivity index (χ0n) is 15.3. The molecule has 5 nitrogen and oxygen atoms in total. The molecule has 1 aromatic carbocycles. The smallest absolute Gasteiger partial charge is 0.251 e. The van der Waals surface area contributed by atoms with E-state index in [2.05, 4.69) is 15.5 Å². The monoisotopic (exact) mass is 383 g/mol. The third kappa shape index (κ3) is 5.40. The van der Waals surface area contributed by atoms with Gasteiger partial charge in [-0.05, 0) is 54.8 Å². The maximum atomic E-state index is 12.3. The number of nitrogens with zero attached hydrogens (tertiary/aromatic N) is 1. The maximum absolute atomic E-state index is 12.3. The standard InChI is InChI=1S/C21H25N3O2S/c25-20(22-12-19-2-1-11-27-19)14-24(18-9-10-18)13-15-3-5-16(6-4-15)21(26)23-17-7-8-17/h1-6,11,17-18H,7-10,12-14H2,(H,22,25)(H,23,26). The minimum atomic E-state index is 0.0102. The molecule has 1 aromatic heterocycles. The van der Waals surface area contributed by atoms with Crippen molar-refractivity contribution in [1.29, 1.82) is 0 Å². The van der Waals surface area contributed by atoms with E-state index < -0.39 is 0 Å². The van der Waals surface area contributed by atoms with Crippen LogP contribution in [0.25, 0.3) is 0 Å². The number of benzene rings is 1. The molecule has 2 saturated carbocycles. The largest absolute Gasteiger partial charge is 0.350 e. The number of hydrogen-bond acceptors (Lipinski definition) is 4. The molecule has 2 fully saturated rings. The van der Waals surface area contributed by atoms with E-state index in [-0.39, 0.29) is 11.8 Å². The van der Waals surface area contributed by atoms with E-state index in [1.807, 2.05) is 41.8 Å². The number of rotatable bonds is 9. The van der Waals surface area contributed by atoms with Gasteiger partial charge in [-0.25, -0.2) is 0 Å².